The van der Waals surface area contributed by atoms with Crippen molar-refractivity contribution in [3.05, 3.63) is 0 Å². The van der Waals surface area contributed by atoms with Crippen molar-refractivity contribution in [2.45, 2.75) is 57.9 Å². The number of rotatable bonds is 3. The number of hydrogen-bond donors (Lipinski definition) is 2. The Morgan fingerprint density at radius 2 is 1.90 bits per heavy atom. The zero-order valence-electron chi connectivity index (χ0n) is 12.6. The lowest BCUT2D eigenvalue weighted by atomic mass is 9.85. The van der Waals surface area contributed by atoms with E-state index in [0.717, 1.165) is 37.8 Å². The van der Waals surface area contributed by atoms with Gasteiger partial charge in [-0.05, 0) is 43.7 Å². The predicted octanol–water partition coefficient (Wildman–Crippen LogP) is 2.74. The zero-order valence-corrected chi connectivity index (χ0v) is 13.4. The fourth-order valence-corrected chi connectivity index (χ4v) is 4.12. The van der Waals surface area contributed by atoms with Gasteiger partial charge in [0.05, 0.1) is 0 Å². The summed E-state index contributed by atoms with van der Waals surface area (Å²) in [5.74, 6) is 2.86. The molecular weight excluding hydrogens is 272 g/mol. The van der Waals surface area contributed by atoms with Gasteiger partial charge in [0.2, 0.25) is 5.91 Å². The van der Waals surface area contributed by atoms with Crippen LogP contribution in [-0.4, -0.2) is 25.0 Å². The summed E-state index contributed by atoms with van der Waals surface area (Å²) in [6, 6.07) is 0.404. The van der Waals surface area contributed by atoms with Crippen molar-refractivity contribution in [1.29, 1.82) is 0 Å². The van der Waals surface area contributed by atoms with Gasteiger partial charge in [-0.2, -0.15) is 0 Å². The van der Waals surface area contributed by atoms with Crippen LogP contribution in [0.1, 0.15) is 51.9 Å². The molecule has 4 heteroatoms. The minimum Gasteiger partial charge on any atom is -0.353 e. The van der Waals surface area contributed by atoms with Gasteiger partial charge in [-0.1, -0.05) is 39.0 Å². The Labute approximate surface area is 129 Å². The Hall–Kier alpha value is -0.280. The molecule has 0 aromatic carbocycles. The van der Waals surface area contributed by atoms with Gasteiger partial charge in [-0.3, -0.25) is 4.79 Å². The summed E-state index contributed by atoms with van der Waals surface area (Å²) in [5.41, 5.74) is 0. The lowest BCUT2D eigenvalue weighted by Crippen LogP contribution is -2.49. The maximum atomic E-state index is 12.3. The summed E-state index contributed by atoms with van der Waals surface area (Å²) < 4.78 is 0. The highest BCUT2D eigenvalue weighted by Gasteiger charge is 2.47. The topological polar surface area (TPSA) is 41.1 Å². The molecule has 4 atom stereocenters. The molecule has 0 aromatic heterocycles. The van der Waals surface area contributed by atoms with Crippen LogP contribution in [0.25, 0.3) is 0 Å². The van der Waals surface area contributed by atoms with Gasteiger partial charge in [-0.15, -0.1) is 12.4 Å². The number of carbonyl (C=O) groups excluding carboxylic acids is 1. The predicted molar refractivity (Wildman–Crippen MR) is 84.0 cm³/mol. The molecule has 1 heterocycles. The van der Waals surface area contributed by atoms with Crippen molar-refractivity contribution >= 4 is 18.3 Å². The number of halogens is 1. The Morgan fingerprint density at radius 3 is 2.60 bits per heavy atom. The van der Waals surface area contributed by atoms with Crippen LogP contribution in [0.3, 0.4) is 0 Å². The minimum absolute atomic E-state index is 0. The van der Waals surface area contributed by atoms with E-state index in [1.807, 2.05) is 0 Å². The van der Waals surface area contributed by atoms with Gasteiger partial charge in [-0.25, -0.2) is 0 Å². The molecule has 3 fully saturated rings. The van der Waals surface area contributed by atoms with Crippen molar-refractivity contribution < 1.29 is 4.79 Å². The second-order valence-electron chi connectivity index (χ2n) is 6.99. The van der Waals surface area contributed by atoms with E-state index in [0.29, 0.717) is 23.8 Å². The highest BCUT2D eigenvalue weighted by molar-refractivity contribution is 5.85. The van der Waals surface area contributed by atoms with E-state index in [-0.39, 0.29) is 12.4 Å². The van der Waals surface area contributed by atoms with Gasteiger partial charge < -0.3 is 10.6 Å². The quantitative estimate of drug-likeness (QED) is 0.841. The Bertz CT molecular complexity index is 330. The molecule has 2 aliphatic carbocycles. The van der Waals surface area contributed by atoms with Crippen molar-refractivity contribution in [3.63, 3.8) is 0 Å². The van der Waals surface area contributed by atoms with Gasteiger partial charge in [0.1, 0.15) is 0 Å². The summed E-state index contributed by atoms with van der Waals surface area (Å²) >= 11 is 0. The lowest BCUT2D eigenvalue weighted by molar-refractivity contribution is -0.124. The van der Waals surface area contributed by atoms with Crippen molar-refractivity contribution in [1.82, 2.24) is 10.6 Å². The summed E-state index contributed by atoms with van der Waals surface area (Å²) in [7, 11) is 0. The molecule has 3 rings (SSSR count). The fourth-order valence-electron chi connectivity index (χ4n) is 4.12. The highest BCUT2D eigenvalue weighted by atomic mass is 35.5. The molecule has 0 radical (unpaired) electrons. The summed E-state index contributed by atoms with van der Waals surface area (Å²) in [4.78, 5) is 12.3. The lowest BCUT2D eigenvalue weighted by Gasteiger charge is -2.30. The largest absolute Gasteiger partial charge is 0.353 e. The van der Waals surface area contributed by atoms with Gasteiger partial charge in [0.15, 0.2) is 0 Å². The Balaban J connectivity index is 0.00000147. The van der Waals surface area contributed by atoms with Crippen LogP contribution in [0.2, 0.25) is 0 Å². The van der Waals surface area contributed by atoms with E-state index in [1.54, 1.807) is 0 Å². The van der Waals surface area contributed by atoms with Crippen LogP contribution in [0, 0.1) is 23.7 Å². The van der Waals surface area contributed by atoms with Gasteiger partial charge in [0.25, 0.3) is 0 Å². The number of hydrogen-bond acceptors (Lipinski definition) is 2. The average molecular weight is 301 g/mol. The Kier molecular flexibility index (Phi) is 5.74. The summed E-state index contributed by atoms with van der Waals surface area (Å²) in [5, 5.41) is 6.71. The van der Waals surface area contributed by atoms with E-state index in [1.165, 1.54) is 32.1 Å². The summed E-state index contributed by atoms with van der Waals surface area (Å²) in [6.45, 7) is 4.33. The van der Waals surface area contributed by atoms with E-state index in [2.05, 4.69) is 17.6 Å². The smallest absolute Gasteiger partial charge is 0.223 e. The average Bonchev–Trinajstić information content (AvgIpc) is 3.23. The van der Waals surface area contributed by atoms with Crippen LogP contribution < -0.4 is 10.6 Å². The normalized spacial score (nSPS) is 37.9. The van der Waals surface area contributed by atoms with Crippen molar-refractivity contribution in [2.75, 3.05) is 13.1 Å². The van der Waals surface area contributed by atoms with Crippen LogP contribution in [0.5, 0.6) is 0 Å². The SMILES string of the molecule is CC1CNCCC1NC(=O)C1CC1C1CCCCC1.Cl. The number of nitrogens with one attached hydrogen (secondary N) is 2. The molecule has 20 heavy (non-hydrogen) atoms. The molecule has 0 bridgehead atoms. The van der Waals surface area contributed by atoms with Crippen LogP contribution >= 0.6 is 12.4 Å². The molecule has 3 nitrogen and oxygen atoms in total. The standard InChI is InChI=1S/C16H28N2O.ClH/c1-11-10-17-8-7-15(11)18-16(19)14-9-13(14)12-5-3-2-4-6-12;/h11-15,17H,2-10H2,1H3,(H,18,19);1H. The Morgan fingerprint density at radius 1 is 1.15 bits per heavy atom. The molecule has 0 aromatic rings. The molecule has 2 N–H and O–H groups in total. The first-order chi connectivity index (χ1) is 9.25. The van der Waals surface area contributed by atoms with E-state index < -0.39 is 0 Å². The number of piperidine rings is 1. The van der Waals surface area contributed by atoms with Crippen LogP contribution in [0.15, 0.2) is 0 Å². The van der Waals surface area contributed by atoms with Crippen molar-refractivity contribution in [2.24, 2.45) is 23.7 Å². The summed E-state index contributed by atoms with van der Waals surface area (Å²) in [6.07, 6.45) is 9.19. The van der Waals surface area contributed by atoms with Crippen LogP contribution in [0.4, 0.5) is 0 Å². The number of amides is 1. The third-order valence-corrected chi connectivity index (χ3v) is 5.54. The molecule has 116 valence electrons. The molecule has 1 aliphatic heterocycles. The fraction of sp³-hybridized carbons (Fsp3) is 0.938. The minimum atomic E-state index is 0. The zero-order chi connectivity index (χ0) is 13.2. The van der Waals surface area contributed by atoms with E-state index in [9.17, 15) is 4.79 Å². The molecule has 1 saturated heterocycles. The number of carbonyl (C=O) groups is 1. The second-order valence-corrected chi connectivity index (χ2v) is 6.99. The molecule has 4 unspecified atom stereocenters. The van der Waals surface area contributed by atoms with Gasteiger partial charge >= 0.3 is 0 Å². The van der Waals surface area contributed by atoms with Crippen LogP contribution in [-0.2, 0) is 4.79 Å². The molecular formula is C16H29ClN2O. The van der Waals surface area contributed by atoms with Crippen molar-refractivity contribution in [3.8, 4) is 0 Å². The van der Waals surface area contributed by atoms with Gasteiger partial charge in [0, 0.05) is 12.0 Å². The van der Waals surface area contributed by atoms with E-state index >= 15 is 0 Å². The molecule has 0 spiro atoms. The molecule has 3 aliphatic rings. The highest BCUT2D eigenvalue weighted by Crippen LogP contribution is 2.49. The maximum absolute atomic E-state index is 12.3. The maximum Gasteiger partial charge on any atom is 0.223 e. The first-order valence-electron chi connectivity index (χ1n) is 8.27. The monoisotopic (exact) mass is 300 g/mol. The molecule has 2 saturated carbocycles. The first-order valence-corrected chi connectivity index (χ1v) is 8.27. The third kappa shape index (κ3) is 3.67. The van der Waals surface area contributed by atoms with E-state index in [4.69, 9.17) is 0 Å². The molecule has 1 amide bonds. The first kappa shape index (κ1) is 16.1. The third-order valence-electron chi connectivity index (χ3n) is 5.54. The second kappa shape index (κ2) is 7.13.